The van der Waals surface area contributed by atoms with Crippen LogP contribution < -0.4 is 0 Å². The van der Waals surface area contributed by atoms with Crippen LogP contribution in [0.25, 0.3) is 0 Å². The third kappa shape index (κ3) is 1.39. The van der Waals surface area contributed by atoms with Crippen molar-refractivity contribution in [1.29, 1.82) is 0 Å². The highest BCUT2D eigenvalue weighted by atomic mass is 32.2. The number of nitrogens with zero attached hydrogens (tertiary/aromatic N) is 1. The maximum atomic E-state index is 8.44. The first kappa shape index (κ1) is 6.93. The smallest absolute Gasteiger partial charge is 0.0708 e. The van der Waals surface area contributed by atoms with Gasteiger partial charge in [0.2, 0.25) is 0 Å². The molecule has 1 N–H and O–H groups in total. The Balaban J connectivity index is 2.52. The van der Waals surface area contributed by atoms with Gasteiger partial charge in [-0.2, -0.15) is 11.8 Å². The van der Waals surface area contributed by atoms with E-state index in [0.29, 0.717) is 5.25 Å². The van der Waals surface area contributed by atoms with Crippen molar-refractivity contribution >= 4 is 17.5 Å². The fourth-order valence-corrected chi connectivity index (χ4v) is 2.24. The molecular weight excluding hydrogens is 134 g/mol. The lowest BCUT2D eigenvalue weighted by Crippen LogP contribution is -2.08. The van der Waals surface area contributed by atoms with E-state index in [4.69, 9.17) is 5.21 Å². The first-order valence-corrected chi connectivity index (χ1v) is 4.25. The second-order valence-electron chi connectivity index (χ2n) is 2.11. The van der Waals surface area contributed by atoms with Crippen molar-refractivity contribution in [2.75, 3.05) is 5.75 Å². The van der Waals surface area contributed by atoms with Crippen LogP contribution in [0.5, 0.6) is 0 Å². The minimum atomic E-state index is 0.495. The van der Waals surface area contributed by atoms with Gasteiger partial charge in [0, 0.05) is 5.25 Å². The van der Waals surface area contributed by atoms with E-state index in [1.165, 1.54) is 0 Å². The van der Waals surface area contributed by atoms with Gasteiger partial charge in [0.25, 0.3) is 0 Å². The summed E-state index contributed by atoms with van der Waals surface area (Å²) < 4.78 is 0. The molecule has 52 valence electrons. The Kier molecular flexibility index (Phi) is 2.39. The molecule has 1 rings (SSSR count). The third-order valence-electron chi connectivity index (χ3n) is 1.55. The number of hydrogen-bond donors (Lipinski definition) is 1. The van der Waals surface area contributed by atoms with E-state index in [9.17, 15) is 0 Å². The molecule has 1 aliphatic rings. The first-order chi connectivity index (χ1) is 4.38. The Hall–Kier alpha value is -0.180. The average Bonchev–Trinajstić information content (AvgIpc) is 2.33. The molecule has 0 aromatic carbocycles. The van der Waals surface area contributed by atoms with Gasteiger partial charge >= 0.3 is 0 Å². The summed E-state index contributed by atoms with van der Waals surface area (Å²) in [5, 5.41) is 12.2. The van der Waals surface area contributed by atoms with E-state index >= 15 is 0 Å². The van der Waals surface area contributed by atoms with Gasteiger partial charge < -0.3 is 5.21 Å². The minimum absolute atomic E-state index is 0.495. The molecule has 0 aromatic heterocycles. The predicted molar refractivity (Wildman–Crippen MR) is 40.4 cm³/mol. The molecule has 0 aromatic rings. The number of hydrogen-bond acceptors (Lipinski definition) is 3. The van der Waals surface area contributed by atoms with Crippen molar-refractivity contribution < 1.29 is 5.21 Å². The Labute approximate surface area is 59.3 Å². The van der Waals surface area contributed by atoms with E-state index in [1.54, 1.807) is 0 Å². The number of oxime groups is 1. The second kappa shape index (κ2) is 3.11. The largest absolute Gasteiger partial charge is 0.411 e. The third-order valence-corrected chi connectivity index (χ3v) is 3.00. The summed E-state index contributed by atoms with van der Waals surface area (Å²) in [5.74, 6) is 1.12. The lowest BCUT2D eigenvalue weighted by molar-refractivity contribution is 0.317. The highest BCUT2D eigenvalue weighted by Gasteiger charge is 2.21. The van der Waals surface area contributed by atoms with Crippen molar-refractivity contribution in [3.8, 4) is 0 Å². The average molecular weight is 145 g/mol. The lowest BCUT2D eigenvalue weighted by atomic mass is 10.2. The maximum absolute atomic E-state index is 8.44. The normalized spacial score (nSPS) is 31.7. The first-order valence-electron chi connectivity index (χ1n) is 3.21. The van der Waals surface area contributed by atoms with Gasteiger partial charge in [-0.25, -0.2) is 0 Å². The molecule has 2 nitrogen and oxygen atoms in total. The van der Waals surface area contributed by atoms with Gasteiger partial charge in [-0.3, -0.25) is 0 Å². The highest BCUT2D eigenvalue weighted by molar-refractivity contribution is 8.01. The molecule has 1 fully saturated rings. The van der Waals surface area contributed by atoms with Crippen LogP contribution in [0.4, 0.5) is 0 Å². The summed E-state index contributed by atoms with van der Waals surface area (Å²) in [6.07, 6.45) is 2.06. The molecule has 1 heterocycles. The number of rotatable bonds is 1. The second-order valence-corrected chi connectivity index (χ2v) is 3.42. The summed E-state index contributed by atoms with van der Waals surface area (Å²) in [7, 11) is 0. The predicted octanol–water partition coefficient (Wildman–Crippen LogP) is 1.73. The lowest BCUT2D eigenvalue weighted by Gasteiger charge is -2.02. The summed E-state index contributed by atoms with van der Waals surface area (Å²) in [6.45, 7) is 2.12. The van der Waals surface area contributed by atoms with Gasteiger partial charge in [0.15, 0.2) is 0 Å². The summed E-state index contributed by atoms with van der Waals surface area (Å²) >= 11 is 1.88. The fraction of sp³-hybridized carbons (Fsp3) is 0.833. The van der Waals surface area contributed by atoms with Crippen molar-refractivity contribution in [2.24, 2.45) is 5.16 Å². The quantitative estimate of drug-likeness (QED) is 0.450. The molecule has 9 heavy (non-hydrogen) atoms. The minimum Gasteiger partial charge on any atom is -0.411 e. The van der Waals surface area contributed by atoms with Crippen molar-refractivity contribution in [2.45, 2.75) is 25.0 Å². The van der Waals surface area contributed by atoms with Gasteiger partial charge in [0.05, 0.1) is 5.71 Å². The Morgan fingerprint density at radius 3 is 3.11 bits per heavy atom. The van der Waals surface area contributed by atoms with E-state index < -0.39 is 0 Å². The van der Waals surface area contributed by atoms with Crippen LogP contribution in [-0.2, 0) is 0 Å². The number of thioether (sulfide) groups is 1. The molecule has 1 saturated heterocycles. The van der Waals surface area contributed by atoms with E-state index in [1.807, 2.05) is 11.8 Å². The molecule has 1 aliphatic heterocycles. The van der Waals surface area contributed by atoms with Gasteiger partial charge in [0.1, 0.15) is 0 Å². The van der Waals surface area contributed by atoms with Crippen molar-refractivity contribution in [3.63, 3.8) is 0 Å². The monoisotopic (exact) mass is 145 g/mol. The Bertz CT molecular complexity index is 124. The SMILES string of the molecule is CCC1SCCC1=NO. The van der Waals surface area contributed by atoms with Crippen LogP contribution >= 0.6 is 11.8 Å². The van der Waals surface area contributed by atoms with Crippen molar-refractivity contribution in [3.05, 3.63) is 0 Å². The van der Waals surface area contributed by atoms with Gasteiger partial charge in [-0.05, 0) is 18.6 Å². The van der Waals surface area contributed by atoms with Crippen LogP contribution in [0.15, 0.2) is 5.16 Å². The zero-order valence-corrected chi connectivity index (χ0v) is 6.32. The molecule has 0 spiro atoms. The molecular formula is C6H11NOS. The molecule has 3 heteroatoms. The molecule has 1 atom stereocenters. The van der Waals surface area contributed by atoms with Gasteiger partial charge in [-0.1, -0.05) is 12.1 Å². The van der Waals surface area contributed by atoms with Crippen LogP contribution in [0.1, 0.15) is 19.8 Å². The highest BCUT2D eigenvalue weighted by Crippen LogP contribution is 2.26. The molecule has 0 bridgehead atoms. The van der Waals surface area contributed by atoms with Crippen molar-refractivity contribution in [1.82, 2.24) is 0 Å². The topological polar surface area (TPSA) is 32.6 Å². The van der Waals surface area contributed by atoms with Crippen LogP contribution in [0.3, 0.4) is 0 Å². The van der Waals surface area contributed by atoms with E-state index in [0.717, 1.165) is 24.3 Å². The Morgan fingerprint density at radius 1 is 1.89 bits per heavy atom. The summed E-state index contributed by atoms with van der Waals surface area (Å²) in [6, 6.07) is 0. The van der Waals surface area contributed by atoms with Crippen LogP contribution in [0.2, 0.25) is 0 Å². The molecule has 0 radical (unpaired) electrons. The fourth-order valence-electron chi connectivity index (χ4n) is 1.03. The van der Waals surface area contributed by atoms with E-state index in [2.05, 4.69) is 12.1 Å². The Morgan fingerprint density at radius 2 is 2.67 bits per heavy atom. The molecule has 1 unspecified atom stereocenters. The van der Waals surface area contributed by atoms with Crippen LogP contribution in [-0.4, -0.2) is 21.9 Å². The van der Waals surface area contributed by atoms with E-state index in [-0.39, 0.29) is 0 Å². The zero-order chi connectivity index (χ0) is 6.69. The molecule has 0 amide bonds. The maximum Gasteiger partial charge on any atom is 0.0708 e. The zero-order valence-electron chi connectivity index (χ0n) is 5.50. The molecule has 0 aliphatic carbocycles. The summed E-state index contributed by atoms with van der Waals surface area (Å²) in [4.78, 5) is 0. The van der Waals surface area contributed by atoms with Gasteiger partial charge in [-0.15, -0.1) is 0 Å². The standard InChI is InChI=1S/C6H11NOS/c1-2-6-5(7-8)3-4-9-6/h6,8H,2-4H2,1H3. The molecule has 0 saturated carbocycles. The summed E-state index contributed by atoms with van der Waals surface area (Å²) in [5.41, 5.74) is 0.975. The van der Waals surface area contributed by atoms with Crippen LogP contribution in [0, 0.1) is 0 Å².